The van der Waals surface area contributed by atoms with Crippen molar-refractivity contribution in [3.63, 3.8) is 0 Å². The minimum atomic E-state index is -0.207. The summed E-state index contributed by atoms with van der Waals surface area (Å²) in [4.78, 5) is 2.39. The molecule has 5 heteroatoms. The van der Waals surface area contributed by atoms with Gasteiger partial charge in [0.25, 0.3) is 0 Å². The van der Waals surface area contributed by atoms with E-state index in [-0.39, 0.29) is 11.9 Å². The zero-order valence-electron chi connectivity index (χ0n) is 11.1. The highest BCUT2D eigenvalue weighted by Crippen LogP contribution is 2.33. The number of thiophene rings is 2. The zero-order valence-corrected chi connectivity index (χ0v) is 13.4. The normalized spacial score (nSPS) is 12.5. The Balaban J connectivity index is 1.80. The minimum absolute atomic E-state index is 0.0887. The Morgan fingerprint density at radius 2 is 2.00 bits per heavy atom. The molecule has 3 rings (SSSR count). The van der Waals surface area contributed by atoms with Crippen molar-refractivity contribution in [1.82, 2.24) is 5.32 Å². The standard InChI is InChI=1S/C16H13ClFNS2/c17-15-7-6-14(21-15)16(13-5-2-8-20-13)19-10-11-3-1-4-12(18)9-11/h1-9,16,19H,10H2. The highest BCUT2D eigenvalue weighted by atomic mass is 35.5. The average Bonchev–Trinajstić information content (AvgIpc) is 3.12. The lowest BCUT2D eigenvalue weighted by atomic mass is 10.1. The van der Waals surface area contributed by atoms with Crippen LogP contribution in [0.4, 0.5) is 4.39 Å². The van der Waals surface area contributed by atoms with Gasteiger partial charge in [-0.25, -0.2) is 4.39 Å². The summed E-state index contributed by atoms with van der Waals surface area (Å²) in [6.07, 6.45) is 0. The third-order valence-electron chi connectivity index (χ3n) is 3.11. The van der Waals surface area contributed by atoms with Gasteiger partial charge in [-0.05, 0) is 41.3 Å². The number of benzene rings is 1. The molecule has 0 saturated carbocycles. The van der Waals surface area contributed by atoms with E-state index in [1.165, 1.54) is 15.8 Å². The van der Waals surface area contributed by atoms with Gasteiger partial charge in [-0.15, -0.1) is 22.7 Å². The molecule has 1 N–H and O–H groups in total. The molecule has 0 aliphatic heterocycles. The summed E-state index contributed by atoms with van der Waals surface area (Å²) >= 11 is 9.32. The Kier molecular flexibility index (Phi) is 4.70. The summed E-state index contributed by atoms with van der Waals surface area (Å²) in [5, 5.41) is 5.55. The van der Waals surface area contributed by atoms with Crippen LogP contribution in [0.15, 0.2) is 53.9 Å². The van der Waals surface area contributed by atoms with Crippen molar-refractivity contribution < 1.29 is 4.39 Å². The van der Waals surface area contributed by atoms with E-state index in [0.717, 1.165) is 9.90 Å². The third kappa shape index (κ3) is 3.71. The van der Waals surface area contributed by atoms with E-state index >= 15 is 0 Å². The van der Waals surface area contributed by atoms with Crippen LogP contribution in [0, 0.1) is 5.82 Å². The number of rotatable bonds is 5. The van der Waals surface area contributed by atoms with E-state index in [4.69, 9.17) is 11.6 Å². The summed E-state index contributed by atoms with van der Waals surface area (Å²) in [5.74, 6) is -0.207. The third-order valence-corrected chi connectivity index (χ3v) is 5.34. The second kappa shape index (κ2) is 6.71. The van der Waals surface area contributed by atoms with Gasteiger partial charge in [-0.3, -0.25) is 0 Å². The van der Waals surface area contributed by atoms with Crippen LogP contribution in [-0.2, 0) is 6.54 Å². The summed E-state index contributed by atoms with van der Waals surface area (Å²) in [6, 6.07) is 14.8. The number of nitrogens with one attached hydrogen (secondary N) is 1. The Bertz CT molecular complexity index is 709. The lowest BCUT2D eigenvalue weighted by Crippen LogP contribution is -2.20. The van der Waals surface area contributed by atoms with Gasteiger partial charge >= 0.3 is 0 Å². The van der Waals surface area contributed by atoms with E-state index in [1.807, 2.05) is 24.3 Å². The fraction of sp³-hybridized carbons (Fsp3) is 0.125. The highest BCUT2D eigenvalue weighted by molar-refractivity contribution is 7.16. The first-order chi connectivity index (χ1) is 10.2. The monoisotopic (exact) mass is 337 g/mol. The summed E-state index contributed by atoms with van der Waals surface area (Å²) in [6.45, 7) is 0.607. The maximum Gasteiger partial charge on any atom is 0.123 e. The lowest BCUT2D eigenvalue weighted by Gasteiger charge is -2.16. The van der Waals surface area contributed by atoms with Crippen molar-refractivity contribution in [2.24, 2.45) is 0 Å². The molecule has 0 saturated heterocycles. The predicted octanol–water partition coefficient (Wildman–Crippen LogP) is 5.48. The smallest absolute Gasteiger partial charge is 0.123 e. The molecule has 1 nitrogen and oxygen atoms in total. The number of halogens is 2. The van der Waals surface area contributed by atoms with Gasteiger partial charge < -0.3 is 5.32 Å². The molecule has 1 unspecified atom stereocenters. The second-order valence-corrected chi connectivity index (χ2v) is 7.33. The summed E-state index contributed by atoms with van der Waals surface area (Å²) in [5.41, 5.74) is 0.930. The average molecular weight is 338 g/mol. The molecule has 0 spiro atoms. The topological polar surface area (TPSA) is 12.0 Å². The zero-order chi connectivity index (χ0) is 14.7. The molecule has 1 atom stereocenters. The predicted molar refractivity (Wildman–Crippen MR) is 88.7 cm³/mol. The van der Waals surface area contributed by atoms with Crippen LogP contribution in [0.1, 0.15) is 21.4 Å². The maximum absolute atomic E-state index is 13.3. The first-order valence-corrected chi connectivity index (χ1v) is 8.56. The molecule has 3 aromatic rings. The first kappa shape index (κ1) is 14.7. The van der Waals surface area contributed by atoms with E-state index in [1.54, 1.807) is 34.8 Å². The van der Waals surface area contributed by atoms with Crippen LogP contribution in [0.2, 0.25) is 4.34 Å². The fourth-order valence-corrected chi connectivity index (χ4v) is 4.20. The molecular formula is C16H13ClFNS2. The van der Waals surface area contributed by atoms with Crippen molar-refractivity contribution in [2.75, 3.05) is 0 Å². The Morgan fingerprint density at radius 1 is 1.10 bits per heavy atom. The van der Waals surface area contributed by atoms with Crippen LogP contribution in [0.3, 0.4) is 0 Å². The number of hydrogen-bond acceptors (Lipinski definition) is 3. The fourth-order valence-electron chi connectivity index (χ4n) is 2.15. The van der Waals surface area contributed by atoms with Crippen molar-refractivity contribution in [2.45, 2.75) is 12.6 Å². The summed E-state index contributed by atoms with van der Waals surface area (Å²) in [7, 11) is 0. The van der Waals surface area contributed by atoms with Crippen molar-refractivity contribution in [3.8, 4) is 0 Å². The SMILES string of the molecule is Fc1cccc(CNC(c2cccs2)c2ccc(Cl)s2)c1. The van der Waals surface area contributed by atoms with Gasteiger partial charge in [0.15, 0.2) is 0 Å². The quantitative estimate of drug-likeness (QED) is 0.650. The number of hydrogen-bond donors (Lipinski definition) is 1. The Labute approximate surface area is 136 Å². The van der Waals surface area contributed by atoms with Gasteiger partial charge in [-0.2, -0.15) is 0 Å². The molecule has 0 radical (unpaired) electrons. The van der Waals surface area contributed by atoms with Gasteiger partial charge in [-0.1, -0.05) is 29.8 Å². The molecule has 0 aliphatic carbocycles. The molecule has 108 valence electrons. The van der Waals surface area contributed by atoms with Crippen molar-refractivity contribution >= 4 is 34.3 Å². The molecule has 21 heavy (non-hydrogen) atoms. The van der Waals surface area contributed by atoms with Crippen LogP contribution in [-0.4, -0.2) is 0 Å². The van der Waals surface area contributed by atoms with Gasteiger partial charge in [0.05, 0.1) is 10.4 Å². The molecule has 1 aromatic carbocycles. The van der Waals surface area contributed by atoms with Crippen molar-refractivity contribution in [3.05, 3.63) is 79.4 Å². The first-order valence-electron chi connectivity index (χ1n) is 6.49. The van der Waals surface area contributed by atoms with E-state index in [2.05, 4.69) is 16.8 Å². The molecule has 0 aliphatic rings. The maximum atomic E-state index is 13.3. The van der Waals surface area contributed by atoms with Crippen LogP contribution in [0.25, 0.3) is 0 Å². The van der Waals surface area contributed by atoms with E-state index in [0.29, 0.717) is 6.54 Å². The minimum Gasteiger partial charge on any atom is -0.301 e. The molecule has 2 heterocycles. The molecule has 0 amide bonds. The summed E-state index contributed by atoms with van der Waals surface area (Å²) < 4.78 is 14.0. The highest BCUT2D eigenvalue weighted by Gasteiger charge is 2.16. The Morgan fingerprint density at radius 3 is 2.67 bits per heavy atom. The van der Waals surface area contributed by atoms with Crippen LogP contribution in [0.5, 0.6) is 0 Å². The molecule has 0 bridgehead atoms. The second-order valence-electron chi connectivity index (χ2n) is 4.60. The van der Waals surface area contributed by atoms with Gasteiger partial charge in [0.2, 0.25) is 0 Å². The van der Waals surface area contributed by atoms with Crippen LogP contribution < -0.4 is 5.32 Å². The molecular weight excluding hydrogens is 325 g/mol. The largest absolute Gasteiger partial charge is 0.301 e. The van der Waals surface area contributed by atoms with E-state index < -0.39 is 0 Å². The Hall–Kier alpha value is -1.20. The van der Waals surface area contributed by atoms with Crippen LogP contribution >= 0.6 is 34.3 Å². The van der Waals surface area contributed by atoms with Crippen molar-refractivity contribution in [1.29, 1.82) is 0 Å². The lowest BCUT2D eigenvalue weighted by molar-refractivity contribution is 0.604. The molecule has 2 aromatic heterocycles. The van der Waals surface area contributed by atoms with Gasteiger partial charge in [0.1, 0.15) is 5.82 Å². The van der Waals surface area contributed by atoms with E-state index in [9.17, 15) is 4.39 Å². The van der Waals surface area contributed by atoms with Gasteiger partial charge in [0, 0.05) is 16.3 Å². The molecule has 0 fully saturated rings.